The van der Waals surface area contributed by atoms with Crippen LogP contribution in [-0.4, -0.2) is 36.1 Å². The quantitative estimate of drug-likeness (QED) is 0.612. The Morgan fingerprint density at radius 1 is 1.55 bits per heavy atom. The number of rotatable bonds is 6. The Morgan fingerprint density at radius 2 is 2.25 bits per heavy atom. The van der Waals surface area contributed by atoms with Gasteiger partial charge in [0, 0.05) is 31.4 Å². The summed E-state index contributed by atoms with van der Waals surface area (Å²) >= 11 is 5.98. The molecule has 0 heterocycles. The van der Waals surface area contributed by atoms with Gasteiger partial charge in [0.25, 0.3) is 5.91 Å². The van der Waals surface area contributed by atoms with Crippen molar-refractivity contribution in [2.45, 2.75) is 6.54 Å². The molecule has 1 amide bonds. The zero-order valence-electron chi connectivity index (χ0n) is 11.1. The lowest BCUT2D eigenvalue weighted by atomic mass is 10.2. The molecule has 1 rings (SSSR count). The van der Waals surface area contributed by atoms with Crippen molar-refractivity contribution in [3.05, 3.63) is 46.6 Å². The molecule has 0 saturated carbocycles. The van der Waals surface area contributed by atoms with Crippen molar-refractivity contribution in [1.29, 1.82) is 5.26 Å². The smallest absolute Gasteiger partial charge is 0.263 e. The Balaban J connectivity index is 2.65. The van der Waals surface area contributed by atoms with Crippen molar-refractivity contribution in [3.8, 4) is 6.07 Å². The van der Waals surface area contributed by atoms with E-state index in [0.29, 0.717) is 11.6 Å². The molecular formula is C14H16ClN3O2. The number of nitrogens with zero attached hydrogens (tertiary/aromatic N) is 2. The number of halogens is 1. The summed E-state index contributed by atoms with van der Waals surface area (Å²) in [5.41, 5.74) is 0.761. The predicted octanol–water partition coefficient (Wildman–Crippen LogP) is 1.29. The molecule has 0 aromatic heterocycles. The highest BCUT2D eigenvalue weighted by Crippen LogP contribution is 2.14. The minimum Gasteiger partial charge on any atom is -0.395 e. The van der Waals surface area contributed by atoms with Gasteiger partial charge in [-0.05, 0) is 11.6 Å². The first-order valence-corrected chi connectivity index (χ1v) is 6.41. The van der Waals surface area contributed by atoms with Crippen molar-refractivity contribution in [1.82, 2.24) is 10.2 Å². The number of carbonyl (C=O) groups excluding carboxylic acids is 1. The van der Waals surface area contributed by atoms with Crippen LogP contribution in [-0.2, 0) is 11.3 Å². The number of carbonyl (C=O) groups is 1. The SMILES string of the molecule is CN(/C=C(/C#N)C(=O)NCc1ccccc1Cl)CCO. The molecule has 106 valence electrons. The van der Waals surface area contributed by atoms with Gasteiger partial charge >= 0.3 is 0 Å². The van der Waals surface area contributed by atoms with E-state index >= 15 is 0 Å². The van der Waals surface area contributed by atoms with E-state index in [0.717, 1.165) is 5.56 Å². The fraction of sp³-hybridized carbons (Fsp3) is 0.286. The zero-order valence-corrected chi connectivity index (χ0v) is 11.9. The van der Waals surface area contributed by atoms with E-state index in [9.17, 15) is 4.79 Å². The van der Waals surface area contributed by atoms with Crippen LogP contribution in [0.15, 0.2) is 36.0 Å². The Labute approximate surface area is 123 Å². The second-order valence-electron chi connectivity index (χ2n) is 4.13. The third-order valence-corrected chi connectivity index (χ3v) is 2.93. The average molecular weight is 294 g/mol. The molecule has 0 radical (unpaired) electrons. The van der Waals surface area contributed by atoms with E-state index < -0.39 is 5.91 Å². The average Bonchev–Trinajstić information content (AvgIpc) is 2.44. The summed E-state index contributed by atoms with van der Waals surface area (Å²) in [5, 5.41) is 20.9. The Hall–Kier alpha value is -2.03. The minimum absolute atomic E-state index is 0.0204. The standard InChI is InChI=1S/C14H16ClN3O2/c1-18(6-7-19)10-12(8-16)14(20)17-9-11-4-2-3-5-13(11)15/h2-5,10,19H,6-7,9H2,1H3,(H,17,20)/b12-10-. The van der Waals surface area contributed by atoms with Crippen LogP contribution in [0, 0.1) is 11.3 Å². The van der Waals surface area contributed by atoms with Gasteiger partial charge in [-0.25, -0.2) is 0 Å². The molecule has 0 fully saturated rings. The first-order chi connectivity index (χ1) is 9.58. The molecule has 0 spiro atoms. The van der Waals surface area contributed by atoms with Crippen molar-refractivity contribution in [3.63, 3.8) is 0 Å². The fourth-order valence-electron chi connectivity index (χ4n) is 1.49. The van der Waals surface area contributed by atoms with Crippen LogP contribution in [0.5, 0.6) is 0 Å². The number of hydrogen-bond acceptors (Lipinski definition) is 4. The molecule has 0 atom stereocenters. The third-order valence-electron chi connectivity index (χ3n) is 2.56. The van der Waals surface area contributed by atoms with E-state index in [2.05, 4.69) is 5.32 Å². The predicted molar refractivity (Wildman–Crippen MR) is 76.7 cm³/mol. The summed E-state index contributed by atoms with van der Waals surface area (Å²) in [4.78, 5) is 13.4. The van der Waals surface area contributed by atoms with Gasteiger partial charge in [-0.15, -0.1) is 0 Å². The molecule has 0 saturated heterocycles. The van der Waals surface area contributed by atoms with Gasteiger partial charge in [0.1, 0.15) is 11.6 Å². The molecule has 0 aliphatic rings. The Morgan fingerprint density at radius 3 is 2.85 bits per heavy atom. The lowest BCUT2D eigenvalue weighted by Crippen LogP contribution is -2.26. The number of nitrogens with one attached hydrogen (secondary N) is 1. The Bertz CT molecular complexity index is 537. The van der Waals surface area contributed by atoms with Gasteiger partial charge in [0.2, 0.25) is 0 Å². The van der Waals surface area contributed by atoms with Crippen LogP contribution in [0.3, 0.4) is 0 Å². The van der Waals surface area contributed by atoms with Crippen molar-refractivity contribution < 1.29 is 9.90 Å². The van der Waals surface area contributed by atoms with Crippen LogP contribution in [0.1, 0.15) is 5.56 Å². The first-order valence-electron chi connectivity index (χ1n) is 6.03. The summed E-state index contributed by atoms with van der Waals surface area (Å²) in [6, 6.07) is 9.00. The molecule has 1 aromatic carbocycles. The van der Waals surface area contributed by atoms with Gasteiger partial charge in [0.05, 0.1) is 6.61 Å². The monoisotopic (exact) mass is 293 g/mol. The maximum atomic E-state index is 11.9. The van der Waals surface area contributed by atoms with Crippen LogP contribution in [0.25, 0.3) is 0 Å². The highest BCUT2D eigenvalue weighted by atomic mass is 35.5. The van der Waals surface area contributed by atoms with Gasteiger partial charge in [0.15, 0.2) is 0 Å². The van der Waals surface area contributed by atoms with Crippen molar-refractivity contribution >= 4 is 17.5 Å². The van der Waals surface area contributed by atoms with E-state index in [1.807, 2.05) is 12.1 Å². The van der Waals surface area contributed by atoms with Gasteiger partial charge in [-0.3, -0.25) is 4.79 Å². The number of hydrogen-bond donors (Lipinski definition) is 2. The van der Waals surface area contributed by atoms with E-state index in [-0.39, 0.29) is 18.7 Å². The first kappa shape index (κ1) is 16.0. The number of nitriles is 1. The number of aliphatic hydroxyl groups is 1. The molecule has 1 aromatic rings. The van der Waals surface area contributed by atoms with E-state index in [1.54, 1.807) is 30.1 Å². The number of amides is 1. The molecule has 5 nitrogen and oxygen atoms in total. The maximum Gasteiger partial charge on any atom is 0.263 e. The molecule has 0 aliphatic carbocycles. The van der Waals surface area contributed by atoms with Crippen LogP contribution >= 0.6 is 11.6 Å². The zero-order chi connectivity index (χ0) is 15.0. The lowest BCUT2D eigenvalue weighted by Gasteiger charge is -2.12. The normalized spacial score (nSPS) is 10.8. The maximum absolute atomic E-state index is 11.9. The molecule has 2 N–H and O–H groups in total. The number of benzene rings is 1. The highest BCUT2D eigenvalue weighted by molar-refractivity contribution is 6.31. The summed E-state index contributed by atoms with van der Waals surface area (Å²) < 4.78 is 0. The molecule has 0 bridgehead atoms. The van der Waals surface area contributed by atoms with Gasteiger partial charge < -0.3 is 15.3 Å². The van der Waals surface area contributed by atoms with Crippen molar-refractivity contribution in [2.24, 2.45) is 0 Å². The summed E-state index contributed by atoms with van der Waals surface area (Å²) in [6.45, 7) is 0.553. The topological polar surface area (TPSA) is 76.4 Å². The van der Waals surface area contributed by atoms with E-state index in [1.165, 1.54) is 6.20 Å². The molecule has 0 unspecified atom stereocenters. The van der Waals surface area contributed by atoms with Crippen LogP contribution in [0.4, 0.5) is 0 Å². The lowest BCUT2D eigenvalue weighted by molar-refractivity contribution is -0.117. The summed E-state index contributed by atoms with van der Waals surface area (Å²) in [6.07, 6.45) is 1.40. The minimum atomic E-state index is -0.475. The van der Waals surface area contributed by atoms with E-state index in [4.69, 9.17) is 22.0 Å². The highest BCUT2D eigenvalue weighted by Gasteiger charge is 2.10. The molecule has 6 heteroatoms. The van der Waals surface area contributed by atoms with Crippen LogP contribution < -0.4 is 5.32 Å². The number of likely N-dealkylation sites (N-methyl/N-ethyl adjacent to an activating group) is 1. The molecule has 0 aliphatic heterocycles. The molecule has 20 heavy (non-hydrogen) atoms. The van der Waals surface area contributed by atoms with Crippen LogP contribution in [0.2, 0.25) is 5.02 Å². The third kappa shape index (κ3) is 4.92. The largest absolute Gasteiger partial charge is 0.395 e. The molecular weight excluding hydrogens is 278 g/mol. The summed E-state index contributed by atoms with van der Waals surface area (Å²) in [7, 11) is 1.68. The second-order valence-corrected chi connectivity index (χ2v) is 4.54. The van der Waals surface area contributed by atoms with Gasteiger partial charge in [-0.1, -0.05) is 29.8 Å². The number of aliphatic hydroxyl groups excluding tert-OH is 1. The van der Waals surface area contributed by atoms with Crippen molar-refractivity contribution in [2.75, 3.05) is 20.2 Å². The Kier molecular flexibility index (Phi) is 6.57. The second kappa shape index (κ2) is 8.20. The fourth-order valence-corrected chi connectivity index (χ4v) is 1.70. The van der Waals surface area contributed by atoms with Gasteiger partial charge in [-0.2, -0.15) is 5.26 Å². The summed E-state index contributed by atoms with van der Waals surface area (Å²) in [5.74, 6) is -0.475.